The van der Waals surface area contributed by atoms with Crippen LogP contribution in [0.2, 0.25) is 0 Å². The number of anilines is 1. The molecule has 3 rings (SSSR count). The van der Waals surface area contributed by atoms with E-state index in [4.69, 9.17) is 4.52 Å². The van der Waals surface area contributed by atoms with Crippen LogP contribution >= 0.6 is 0 Å². The van der Waals surface area contributed by atoms with Crippen molar-refractivity contribution in [3.05, 3.63) is 47.3 Å². The molecule has 25 heavy (non-hydrogen) atoms. The van der Waals surface area contributed by atoms with E-state index in [2.05, 4.69) is 10.5 Å². The maximum absolute atomic E-state index is 12.8. The Bertz CT molecular complexity index is 767. The molecule has 1 unspecified atom stereocenters. The molecular formula is C19H23N3O3. The van der Waals surface area contributed by atoms with Gasteiger partial charge in [-0.05, 0) is 31.9 Å². The first-order chi connectivity index (χ1) is 12.0. The van der Waals surface area contributed by atoms with Crippen molar-refractivity contribution in [2.24, 2.45) is 0 Å². The van der Waals surface area contributed by atoms with Gasteiger partial charge in [0.05, 0.1) is 5.69 Å². The number of hydrogen-bond acceptors (Lipinski definition) is 4. The largest absolute Gasteiger partial charge is 0.360 e. The van der Waals surface area contributed by atoms with Crippen molar-refractivity contribution in [3.63, 3.8) is 0 Å². The van der Waals surface area contributed by atoms with Crippen molar-refractivity contribution in [1.29, 1.82) is 0 Å². The lowest BCUT2D eigenvalue weighted by Crippen LogP contribution is -2.52. The molecule has 2 aromatic rings. The summed E-state index contributed by atoms with van der Waals surface area (Å²) in [7, 11) is 0. The van der Waals surface area contributed by atoms with E-state index in [0.717, 1.165) is 12.1 Å². The minimum Gasteiger partial charge on any atom is -0.360 e. The zero-order chi connectivity index (χ0) is 18.0. The van der Waals surface area contributed by atoms with Crippen LogP contribution in [0.5, 0.6) is 0 Å². The Morgan fingerprint density at radius 3 is 2.72 bits per heavy atom. The molecule has 0 saturated carbocycles. The number of amides is 2. The predicted molar refractivity (Wildman–Crippen MR) is 94.6 cm³/mol. The second-order valence-electron chi connectivity index (χ2n) is 6.66. The summed E-state index contributed by atoms with van der Waals surface area (Å²) in [6.45, 7) is 6.29. The average molecular weight is 341 g/mol. The van der Waals surface area contributed by atoms with E-state index in [1.807, 2.05) is 44.2 Å². The van der Waals surface area contributed by atoms with Crippen LogP contribution in [0, 0.1) is 6.92 Å². The zero-order valence-corrected chi connectivity index (χ0v) is 14.8. The highest BCUT2D eigenvalue weighted by molar-refractivity contribution is 6.03. The molecule has 1 N–H and O–H groups in total. The molecule has 0 radical (unpaired) electrons. The van der Waals surface area contributed by atoms with Gasteiger partial charge in [0, 0.05) is 18.2 Å². The van der Waals surface area contributed by atoms with E-state index in [0.29, 0.717) is 30.0 Å². The summed E-state index contributed by atoms with van der Waals surface area (Å²) in [4.78, 5) is 27.3. The lowest BCUT2D eigenvalue weighted by molar-refractivity contribution is -0.121. The van der Waals surface area contributed by atoms with E-state index in [-0.39, 0.29) is 17.7 Å². The number of carbonyl (C=O) groups excluding carboxylic acids is 2. The highest BCUT2D eigenvalue weighted by Gasteiger charge is 2.32. The molecule has 0 bridgehead atoms. The lowest BCUT2D eigenvalue weighted by atomic mass is 10.0. The predicted octanol–water partition coefficient (Wildman–Crippen LogP) is 3.03. The lowest BCUT2D eigenvalue weighted by Gasteiger charge is -2.32. The highest BCUT2D eigenvalue weighted by atomic mass is 16.5. The van der Waals surface area contributed by atoms with Gasteiger partial charge in [0.1, 0.15) is 11.6 Å². The number of para-hydroxylation sites is 1. The normalized spacial score (nSPS) is 17.8. The van der Waals surface area contributed by atoms with Gasteiger partial charge in [0.2, 0.25) is 5.91 Å². The molecule has 0 aliphatic carbocycles. The molecule has 132 valence electrons. The Hall–Kier alpha value is -2.63. The van der Waals surface area contributed by atoms with E-state index in [1.165, 1.54) is 0 Å². The molecule has 2 heterocycles. The second-order valence-corrected chi connectivity index (χ2v) is 6.66. The number of rotatable bonds is 4. The number of carbonyl (C=O) groups is 2. The number of hydrogen-bond donors (Lipinski definition) is 1. The van der Waals surface area contributed by atoms with Gasteiger partial charge in [0.25, 0.3) is 5.91 Å². The first-order valence-corrected chi connectivity index (χ1v) is 8.62. The summed E-state index contributed by atoms with van der Waals surface area (Å²) in [6.07, 6.45) is 1.47. The second kappa shape index (κ2) is 7.09. The summed E-state index contributed by atoms with van der Waals surface area (Å²) in [5, 5.41) is 6.78. The third-order valence-corrected chi connectivity index (χ3v) is 4.45. The summed E-state index contributed by atoms with van der Waals surface area (Å²) >= 11 is 0. The van der Waals surface area contributed by atoms with Crippen molar-refractivity contribution in [2.75, 3.05) is 11.4 Å². The zero-order valence-electron chi connectivity index (χ0n) is 14.8. The summed E-state index contributed by atoms with van der Waals surface area (Å²) in [5.41, 5.74) is 1.85. The number of nitrogens with zero attached hydrogens (tertiary/aromatic N) is 2. The maximum atomic E-state index is 12.8. The standard InChI is InChI=1S/C19H23N3O3/c1-12(2)17-16(13(3)21-25-17)18(23)20-15-10-7-11-22(19(15)24)14-8-5-4-6-9-14/h4-6,8-9,12,15H,7,10-11H2,1-3H3,(H,20,23). The molecule has 1 saturated heterocycles. The van der Waals surface area contributed by atoms with Gasteiger partial charge >= 0.3 is 0 Å². The van der Waals surface area contributed by atoms with Crippen LogP contribution in [0.3, 0.4) is 0 Å². The molecule has 1 fully saturated rings. The first-order valence-electron chi connectivity index (χ1n) is 8.62. The van der Waals surface area contributed by atoms with Crippen LogP contribution in [0.1, 0.15) is 54.4 Å². The smallest absolute Gasteiger partial charge is 0.257 e. The monoisotopic (exact) mass is 341 g/mol. The number of aromatic nitrogens is 1. The molecule has 1 aliphatic heterocycles. The topological polar surface area (TPSA) is 75.4 Å². The number of piperidine rings is 1. The maximum Gasteiger partial charge on any atom is 0.257 e. The van der Waals surface area contributed by atoms with Crippen LogP contribution in [0.4, 0.5) is 5.69 Å². The average Bonchev–Trinajstić information content (AvgIpc) is 2.99. The number of benzene rings is 1. The number of nitrogens with one attached hydrogen (secondary N) is 1. The van der Waals surface area contributed by atoms with Crippen molar-refractivity contribution in [1.82, 2.24) is 10.5 Å². The van der Waals surface area contributed by atoms with Crippen LogP contribution < -0.4 is 10.2 Å². The summed E-state index contributed by atoms with van der Waals surface area (Å²) < 4.78 is 5.28. The first kappa shape index (κ1) is 17.2. The van der Waals surface area contributed by atoms with Gasteiger partial charge in [-0.25, -0.2) is 0 Å². The van der Waals surface area contributed by atoms with Gasteiger partial charge < -0.3 is 14.7 Å². The van der Waals surface area contributed by atoms with Crippen molar-refractivity contribution in [3.8, 4) is 0 Å². The van der Waals surface area contributed by atoms with E-state index >= 15 is 0 Å². The minimum absolute atomic E-state index is 0.0461. The Morgan fingerprint density at radius 1 is 1.32 bits per heavy atom. The quantitative estimate of drug-likeness (QED) is 0.927. The van der Waals surface area contributed by atoms with Gasteiger partial charge in [-0.2, -0.15) is 0 Å². The molecule has 1 aromatic heterocycles. The van der Waals surface area contributed by atoms with Crippen molar-refractivity contribution in [2.45, 2.75) is 45.6 Å². The molecule has 6 nitrogen and oxygen atoms in total. The molecule has 2 amide bonds. The van der Waals surface area contributed by atoms with E-state index < -0.39 is 6.04 Å². The molecule has 0 spiro atoms. The highest BCUT2D eigenvalue weighted by Crippen LogP contribution is 2.24. The van der Waals surface area contributed by atoms with Crippen molar-refractivity contribution < 1.29 is 14.1 Å². The molecule has 1 aromatic carbocycles. The fourth-order valence-electron chi connectivity index (χ4n) is 3.16. The van der Waals surface area contributed by atoms with Gasteiger partial charge in [-0.1, -0.05) is 37.2 Å². The third-order valence-electron chi connectivity index (χ3n) is 4.45. The Labute approximate surface area is 147 Å². The van der Waals surface area contributed by atoms with Crippen LogP contribution in [0.15, 0.2) is 34.9 Å². The Morgan fingerprint density at radius 2 is 2.04 bits per heavy atom. The fourth-order valence-corrected chi connectivity index (χ4v) is 3.16. The van der Waals surface area contributed by atoms with Gasteiger partial charge in [0.15, 0.2) is 5.76 Å². The number of aryl methyl sites for hydroxylation is 1. The molecular weight excluding hydrogens is 318 g/mol. The molecule has 1 aliphatic rings. The summed E-state index contributed by atoms with van der Waals surface area (Å²) in [5.74, 6) is 0.227. The van der Waals surface area contributed by atoms with Crippen LogP contribution in [0.25, 0.3) is 0 Å². The van der Waals surface area contributed by atoms with Gasteiger partial charge in [-0.3, -0.25) is 9.59 Å². The van der Waals surface area contributed by atoms with E-state index in [9.17, 15) is 9.59 Å². The summed E-state index contributed by atoms with van der Waals surface area (Å²) in [6, 6.07) is 9.00. The molecule has 1 atom stereocenters. The van der Waals surface area contributed by atoms with Crippen LogP contribution in [-0.2, 0) is 4.79 Å². The SMILES string of the molecule is Cc1noc(C(C)C)c1C(=O)NC1CCCN(c2ccccc2)C1=O. The Kier molecular flexibility index (Phi) is 4.88. The van der Waals surface area contributed by atoms with E-state index in [1.54, 1.807) is 11.8 Å². The fraction of sp³-hybridized carbons (Fsp3) is 0.421. The van der Waals surface area contributed by atoms with Crippen molar-refractivity contribution >= 4 is 17.5 Å². The third kappa shape index (κ3) is 3.43. The minimum atomic E-state index is -0.532. The Balaban J connectivity index is 1.78. The van der Waals surface area contributed by atoms with Crippen LogP contribution in [-0.4, -0.2) is 29.6 Å². The van der Waals surface area contributed by atoms with Gasteiger partial charge in [-0.15, -0.1) is 0 Å². The molecule has 6 heteroatoms.